The molecule has 0 aliphatic carbocycles. The van der Waals surface area contributed by atoms with E-state index in [9.17, 15) is 19.5 Å². The number of benzene rings is 1. The molecule has 0 aromatic heterocycles. The second-order valence-electron chi connectivity index (χ2n) is 11.4. The summed E-state index contributed by atoms with van der Waals surface area (Å²) < 4.78 is 12.3. The number of ether oxygens (including phenoxy) is 2. The Labute approximate surface area is 262 Å². The van der Waals surface area contributed by atoms with Crippen LogP contribution in [-0.4, -0.2) is 76.7 Å². The van der Waals surface area contributed by atoms with Crippen LogP contribution in [0, 0.1) is 18.8 Å². The average molecular weight is 666 g/mol. The lowest BCUT2D eigenvalue weighted by Crippen LogP contribution is -2.57. The number of carbonyl (C=O) groups is 3. The summed E-state index contributed by atoms with van der Waals surface area (Å²) in [6.07, 6.45) is 8.65. The summed E-state index contributed by atoms with van der Waals surface area (Å²) >= 11 is 10.3. The molecule has 42 heavy (non-hydrogen) atoms. The number of likely N-dealkylation sites (tertiary alicyclic amines) is 1. The number of halogens is 2. The number of fused-ring (bicyclic) bond motifs is 1. The normalized spacial score (nSPS) is 27.7. The largest absolute Gasteiger partial charge is 0.465 e. The molecule has 10 heteroatoms. The first-order valence-corrected chi connectivity index (χ1v) is 16.2. The van der Waals surface area contributed by atoms with Gasteiger partial charge in [0.15, 0.2) is 0 Å². The topological polar surface area (TPSA) is 96.4 Å². The van der Waals surface area contributed by atoms with Crippen LogP contribution in [-0.2, 0) is 23.9 Å². The minimum atomic E-state index is -1.18. The number of carbonyl (C=O) groups excluding carboxylic acids is 3. The van der Waals surface area contributed by atoms with Crippen molar-refractivity contribution in [2.24, 2.45) is 11.8 Å². The zero-order chi connectivity index (χ0) is 30.4. The SMILES string of the molecule is C=CCCCCOC(=O)[C@H]1[C@H]2C(=O)N(CCCCCCO)C(C(=O)N(CC=C)c3c(C)cccc3Cl)C23CC(Br)[C@@H]1O3. The number of anilines is 1. The molecule has 0 saturated carbocycles. The second-order valence-corrected chi connectivity index (χ2v) is 13.0. The maximum absolute atomic E-state index is 14.7. The van der Waals surface area contributed by atoms with E-state index in [0.717, 1.165) is 31.2 Å². The van der Waals surface area contributed by atoms with E-state index in [1.807, 2.05) is 25.1 Å². The Morgan fingerprint density at radius 2 is 1.98 bits per heavy atom. The van der Waals surface area contributed by atoms with E-state index >= 15 is 0 Å². The van der Waals surface area contributed by atoms with Crippen molar-refractivity contribution in [3.05, 3.63) is 54.1 Å². The number of amides is 2. The van der Waals surface area contributed by atoms with E-state index in [1.54, 1.807) is 21.9 Å². The number of hydrogen-bond acceptors (Lipinski definition) is 6. The van der Waals surface area contributed by atoms with Gasteiger partial charge in [-0.25, -0.2) is 0 Å². The molecule has 1 spiro atoms. The lowest BCUT2D eigenvalue weighted by atomic mass is 9.70. The molecule has 3 aliphatic heterocycles. The molecule has 1 aromatic rings. The number of allylic oxidation sites excluding steroid dienone is 1. The van der Waals surface area contributed by atoms with Crippen LogP contribution < -0.4 is 4.90 Å². The Morgan fingerprint density at radius 3 is 2.67 bits per heavy atom. The summed E-state index contributed by atoms with van der Waals surface area (Å²) in [6.45, 7) is 10.4. The van der Waals surface area contributed by atoms with Crippen LogP contribution in [0.2, 0.25) is 5.02 Å². The van der Waals surface area contributed by atoms with Crippen LogP contribution in [0.25, 0.3) is 0 Å². The Morgan fingerprint density at radius 1 is 1.21 bits per heavy atom. The lowest BCUT2D eigenvalue weighted by Gasteiger charge is -2.37. The molecule has 8 nitrogen and oxygen atoms in total. The number of para-hydroxylation sites is 1. The van der Waals surface area contributed by atoms with Gasteiger partial charge in [-0.2, -0.15) is 0 Å². The first-order valence-electron chi connectivity index (χ1n) is 14.9. The number of aryl methyl sites for hydroxylation is 1. The zero-order valence-electron chi connectivity index (χ0n) is 24.3. The fourth-order valence-corrected chi connectivity index (χ4v) is 8.13. The monoisotopic (exact) mass is 664 g/mol. The molecule has 3 heterocycles. The van der Waals surface area contributed by atoms with Crippen LogP contribution in [0.5, 0.6) is 0 Å². The van der Waals surface area contributed by atoms with Gasteiger partial charge in [0.25, 0.3) is 5.91 Å². The molecule has 6 atom stereocenters. The van der Waals surface area contributed by atoms with Gasteiger partial charge >= 0.3 is 5.97 Å². The highest BCUT2D eigenvalue weighted by molar-refractivity contribution is 9.09. The quantitative estimate of drug-likeness (QED) is 0.111. The van der Waals surface area contributed by atoms with Crippen molar-refractivity contribution in [3.8, 4) is 0 Å². The summed E-state index contributed by atoms with van der Waals surface area (Å²) in [5.74, 6) is -2.64. The highest BCUT2D eigenvalue weighted by atomic mass is 79.9. The number of aliphatic hydroxyl groups is 1. The number of rotatable bonds is 16. The summed E-state index contributed by atoms with van der Waals surface area (Å²) in [5, 5.41) is 9.61. The maximum Gasteiger partial charge on any atom is 0.312 e. The summed E-state index contributed by atoms with van der Waals surface area (Å²) in [6, 6.07) is 4.51. The number of hydrogen-bond donors (Lipinski definition) is 1. The second kappa shape index (κ2) is 14.5. The number of esters is 1. The molecule has 1 N–H and O–H groups in total. The Hall–Kier alpha value is -2.20. The lowest BCUT2D eigenvalue weighted by molar-refractivity contribution is -0.155. The molecule has 2 bridgehead atoms. The van der Waals surface area contributed by atoms with E-state index in [-0.39, 0.29) is 36.4 Å². The zero-order valence-corrected chi connectivity index (χ0v) is 26.7. The smallest absolute Gasteiger partial charge is 0.312 e. The predicted molar refractivity (Wildman–Crippen MR) is 167 cm³/mol. The molecule has 2 amide bonds. The number of unbranched alkanes of at least 4 members (excludes halogenated alkanes) is 5. The van der Waals surface area contributed by atoms with Crippen LogP contribution in [0.1, 0.15) is 56.9 Å². The third-order valence-corrected chi connectivity index (χ3v) is 9.84. The molecular formula is C32H42BrClN2O6. The minimum absolute atomic E-state index is 0.113. The van der Waals surface area contributed by atoms with E-state index in [1.165, 1.54) is 0 Å². The molecule has 1 aromatic carbocycles. The Kier molecular flexibility index (Phi) is 11.3. The first-order chi connectivity index (χ1) is 20.2. The molecular weight excluding hydrogens is 624 g/mol. The van der Waals surface area contributed by atoms with E-state index in [0.29, 0.717) is 42.9 Å². The van der Waals surface area contributed by atoms with Gasteiger partial charge in [0.1, 0.15) is 11.6 Å². The van der Waals surface area contributed by atoms with Gasteiger partial charge in [-0.1, -0.05) is 64.7 Å². The fourth-order valence-electron chi connectivity index (χ4n) is 6.86. The van der Waals surface area contributed by atoms with Crippen molar-refractivity contribution in [1.82, 2.24) is 4.90 Å². The average Bonchev–Trinajstić information content (AvgIpc) is 3.55. The third kappa shape index (κ3) is 6.21. The molecule has 3 aliphatic rings. The third-order valence-electron chi connectivity index (χ3n) is 8.69. The molecule has 0 radical (unpaired) electrons. The molecule has 3 unspecified atom stereocenters. The predicted octanol–water partition coefficient (Wildman–Crippen LogP) is 5.37. The van der Waals surface area contributed by atoms with Crippen molar-refractivity contribution in [2.45, 2.75) is 80.9 Å². The van der Waals surface area contributed by atoms with Crippen molar-refractivity contribution in [3.63, 3.8) is 0 Å². The Bertz CT molecular complexity index is 1160. The summed E-state index contributed by atoms with van der Waals surface area (Å²) in [7, 11) is 0. The van der Waals surface area contributed by atoms with Gasteiger partial charge in [0.05, 0.1) is 35.3 Å². The van der Waals surface area contributed by atoms with Crippen LogP contribution in [0.3, 0.4) is 0 Å². The van der Waals surface area contributed by atoms with Gasteiger partial charge < -0.3 is 24.4 Å². The Balaban J connectivity index is 1.69. The molecule has 4 rings (SSSR count). The van der Waals surface area contributed by atoms with Crippen molar-refractivity contribution >= 4 is 51.0 Å². The fraction of sp³-hybridized carbons (Fsp3) is 0.594. The number of nitrogens with zero attached hydrogens (tertiary/aromatic N) is 2. The van der Waals surface area contributed by atoms with Crippen molar-refractivity contribution in [1.29, 1.82) is 0 Å². The number of alkyl halides is 1. The standard InChI is InChI=1S/C32H42BrClN2O6/c1-4-6-7-12-19-41-31(40)24-25-29(38)36(17-10-8-9-11-18-37)28(32(25)20-22(33)27(24)42-32)30(39)35(16-5-2)26-21(3)14-13-15-23(26)34/h4-5,13-15,22,24-25,27-28,37H,1-2,6-12,16-20H2,3H3/t22?,24-,25-,27-,28?,32?/m0/s1. The first kappa shape index (κ1) is 32.7. The molecule has 3 saturated heterocycles. The molecule has 3 fully saturated rings. The van der Waals surface area contributed by atoms with Gasteiger partial charge in [-0.15, -0.1) is 13.2 Å². The van der Waals surface area contributed by atoms with Crippen LogP contribution in [0.15, 0.2) is 43.5 Å². The highest BCUT2D eigenvalue weighted by Gasteiger charge is 2.77. The van der Waals surface area contributed by atoms with E-state index < -0.39 is 35.6 Å². The number of aliphatic hydroxyl groups excluding tert-OH is 1. The van der Waals surface area contributed by atoms with Gasteiger partial charge in [-0.05, 0) is 57.1 Å². The van der Waals surface area contributed by atoms with Crippen LogP contribution >= 0.6 is 27.5 Å². The maximum atomic E-state index is 14.7. The summed E-state index contributed by atoms with van der Waals surface area (Å²) in [4.78, 5) is 45.4. The minimum Gasteiger partial charge on any atom is -0.465 e. The highest BCUT2D eigenvalue weighted by Crippen LogP contribution is 2.60. The van der Waals surface area contributed by atoms with Crippen molar-refractivity contribution in [2.75, 3.05) is 31.2 Å². The van der Waals surface area contributed by atoms with Crippen molar-refractivity contribution < 1.29 is 29.0 Å². The summed E-state index contributed by atoms with van der Waals surface area (Å²) in [5.41, 5.74) is 0.205. The van der Waals surface area contributed by atoms with Gasteiger partial charge in [0, 0.05) is 24.5 Å². The van der Waals surface area contributed by atoms with Gasteiger partial charge in [0.2, 0.25) is 5.91 Å². The van der Waals surface area contributed by atoms with Crippen LogP contribution in [0.4, 0.5) is 5.69 Å². The van der Waals surface area contributed by atoms with Gasteiger partial charge in [-0.3, -0.25) is 14.4 Å². The molecule has 230 valence electrons. The van der Waals surface area contributed by atoms with E-state index in [2.05, 4.69) is 29.1 Å². The van der Waals surface area contributed by atoms with E-state index in [4.69, 9.17) is 21.1 Å².